The Hall–Kier alpha value is -1.90. The Morgan fingerprint density at radius 1 is 0.424 bits per heavy atom. The molecule has 0 fully saturated rings. The Balaban J connectivity index is 4.30. The number of carbonyl (C=O) groups is 4. The maximum absolute atomic E-state index is 12.7. The maximum atomic E-state index is 12.7. The van der Waals surface area contributed by atoms with Crippen LogP contribution in [-0.2, 0) is 42.3 Å². The number of hydrogen-bond acceptors (Lipinski definition) is 9. The molecule has 0 heterocycles. The van der Waals surface area contributed by atoms with Gasteiger partial charge in [0, 0.05) is 30.2 Å². The van der Waals surface area contributed by atoms with Gasteiger partial charge < -0.3 is 14.6 Å². The SMILES string of the molecule is CCCCCCCCCCCCCCCCCCC(=O)OCC(CO[P+](=O)OCCCC(=O)CCC(=O)O)OC(=O)CCCCCCCCCCCCCCCCCC. The predicted octanol–water partition coefficient (Wildman–Crippen LogP) is 14.6. The smallest absolute Gasteiger partial charge is 0.481 e. The second-order valence-corrected chi connectivity index (χ2v) is 17.8. The fourth-order valence-electron chi connectivity index (χ4n) is 7.21. The molecule has 0 aromatic rings. The van der Waals surface area contributed by atoms with Gasteiger partial charge in [-0.1, -0.05) is 206 Å². The number of aliphatic carboxylic acids is 1. The van der Waals surface area contributed by atoms with E-state index in [2.05, 4.69) is 13.8 Å². The van der Waals surface area contributed by atoms with Crippen LogP contribution in [0.15, 0.2) is 0 Å². The van der Waals surface area contributed by atoms with Crippen LogP contribution >= 0.6 is 8.25 Å². The summed E-state index contributed by atoms with van der Waals surface area (Å²) >= 11 is 0. The molecule has 0 spiro atoms. The van der Waals surface area contributed by atoms with E-state index in [1.807, 2.05) is 0 Å². The Morgan fingerprint density at radius 2 is 0.797 bits per heavy atom. The molecule has 0 aromatic heterocycles. The molecule has 2 atom stereocenters. The molecule has 346 valence electrons. The molecule has 59 heavy (non-hydrogen) atoms. The van der Waals surface area contributed by atoms with Gasteiger partial charge in [0.25, 0.3) is 0 Å². The Kier molecular flexibility index (Phi) is 44.2. The molecule has 0 aromatic carbocycles. The number of ether oxygens (including phenoxy) is 2. The van der Waals surface area contributed by atoms with Gasteiger partial charge in [-0.25, -0.2) is 0 Å². The number of hydrogen-bond donors (Lipinski definition) is 1. The fraction of sp³-hybridized carbons (Fsp3) is 0.917. The lowest BCUT2D eigenvalue weighted by Gasteiger charge is -2.16. The van der Waals surface area contributed by atoms with Gasteiger partial charge in [-0.3, -0.25) is 19.2 Å². The van der Waals surface area contributed by atoms with Gasteiger partial charge in [-0.15, -0.1) is 9.05 Å². The van der Waals surface area contributed by atoms with E-state index in [4.69, 9.17) is 23.6 Å². The van der Waals surface area contributed by atoms with Crippen LogP contribution in [-0.4, -0.2) is 54.7 Å². The van der Waals surface area contributed by atoms with Crippen LogP contribution in [0, 0.1) is 0 Å². The molecule has 2 unspecified atom stereocenters. The monoisotopic (exact) mass is 858 g/mol. The highest BCUT2D eigenvalue weighted by atomic mass is 31.1. The average molecular weight is 858 g/mol. The molecule has 0 saturated heterocycles. The third-order valence-corrected chi connectivity index (χ3v) is 11.7. The van der Waals surface area contributed by atoms with E-state index in [0.29, 0.717) is 12.8 Å². The Bertz CT molecular complexity index is 1010. The van der Waals surface area contributed by atoms with E-state index in [1.54, 1.807) is 0 Å². The molecule has 0 aliphatic rings. The third kappa shape index (κ3) is 45.5. The quantitative estimate of drug-likeness (QED) is 0.0357. The molecule has 11 heteroatoms. The third-order valence-electron chi connectivity index (χ3n) is 11.0. The van der Waals surface area contributed by atoms with Crippen LogP contribution in [0.3, 0.4) is 0 Å². The van der Waals surface area contributed by atoms with Crippen molar-refractivity contribution in [2.24, 2.45) is 0 Å². The van der Waals surface area contributed by atoms with Gasteiger partial charge in [0.05, 0.1) is 6.42 Å². The second kappa shape index (κ2) is 45.6. The van der Waals surface area contributed by atoms with Crippen molar-refractivity contribution in [3.63, 3.8) is 0 Å². The summed E-state index contributed by atoms with van der Waals surface area (Å²) in [6.07, 6.45) is 39.9. The second-order valence-electron chi connectivity index (χ2n) is 16.8. The lowest BCUT2D eigenvalue weighted by atomic mass is 10.0. The highest BCUT2D eigenvalue weighted by Gasteiger charge is 2.26. The van der Waals surface area contributed by atoms with E-state index >= 15 is 0 Å². The summed E-state index contributed by atoms with van der Waals surface area (Å²) in [7, 11) is -2.56. The minimum Gasteiger partial charge on any atom is -0.481 e. The van der Waals surface area contributed by atoms with Crippen LogP contribution in [0.5, 0.6) is 0 Å². The van der Waals surface area contributed by atoms with Crippen LogP contribution in [0.2, 0.25) is 0 Å². The first-order chi connectivity index (χ1) is 28.8. The van der Waals surface area contributed by atoms with E-state index in [9.17, 15) is 23.7 Å². The van der Waals surface area contributed by atoms with E-state index in [-0.39, 0.29) is 63.7 Å². The van der Waals surface area contributed by atoms with Crippen molar-refractivity contribution in [3.05, 3.63) is 0 Å². The standard InChI is InChI=1S/C48H89O10P/c1-3-5-7-9-11-13-15-17-19-21-23-25-27-29-31-33-37-47(52)55-42-45(43-57-59(54)56-41-35-36-44(49)39-40-46(50)51)58-48(53)38-34-32-30-28-26-24-22-20-18-16-14-12-10-8-6-4-2/h45H,3-43H2,1-2H3/p+1. The number of carboxylic acids is 1. The summed E-state index contributed by atoms with van der Waals surface area (Å²) in [6, 6.07) is 0. The Labute approximate surface area is 362 Å². The molecule has 0 aliphatic heterocycles. The van der Waals surface area contributed by atoms with E-state index < -0.39 is 26.3 Å². The minimum absolute atomic E-state index is 0.00792. The number of carboxylic acid groups (broad SMARTS) is 1. The van der Waals surface area contributed by atoms with Crippen molar-refractivity contribution in [3.8, 4) is 0 Å². The topological polar surface area (TPSA) is 142 Å². The van der Waals surface area contributed by atoms with Gasteiger partial charge >= 0.3 is 26.2 Å². The number of rotatable bonds is 48. The molecular weight excluding hydrogens is 767 g/mol. The van der Waals surface area contributed by atoms with Crippen molar-refractivity contribution < 1.29 is 47.4 Å². The largest absolute Gasteiger partial charge is 0.697 e. The van der Waals surface area contributed by atoms with Gasteiger partial charge in [-0.05, 0) is 19.3 Å². The van der Waals surface area contributed by atoms with Crippen molar-refractivity contribution in [2.45, 2.75) is 264 Å². The van der Waals surface area contributed by atoms with Crippen LogP contribution < -0.4 is 0 Å². The molecule has 0 radical (unpaired) electrons. The van der Waals surface area contributed by atoms with E-state index in [1.165, 1.54) is 167 Å². The lowest BCUT2D eigenvalue weighted by Crippen LogP contribution is -2.29. The zero-order chi connectivity index (χ0) is 43.3. The zero-order valence-corrected chi connectivity index (χ0v) is 39.0. The first-order valence-electron chi connectivity index (χ1n) is 24.6. The van der Waals surface area contributed by atoms with Gasteiger partial charge in [0.15, 0.2) is 6.10 Å². The molecule has 0 aliphatic carbocycles. The van der Waals surface area contributed by atoms with Crippen LogP contribution in [0.25, 0.3) is 0 Å². The molecule has 10 nitrogen and oxygen atoms in total. The van der Waals surface area contributed by atoms with E-state index in [0.717, 1.165) is 32.1 Å². The molecule has 0 rings (SSSR count). The number of unbranched alkanes of at least 4 members (excludes halogenated alkanes) is 30. The summed E-state index contributed by atoms with van der Waals surface area (Å²) in [6.45, 7) is 4.06. The van der Waals surface area contributed by atoms with Gasteiger partial charge in [0.2, 0.25) is 0 Å². The summed E-state index contributed by atoms with van der Waals surface area (Å²) in [5, 5.41) is 8.71. The predicted molar refractivity (Wildman–Crippen MR) is 240 cm³/mol. The number of ketones is 1. The molecule has 0 amide bonds. The Morgan fingerprint density at radius 3 is 1.19 bits per heavy atom. The summed E-state index contributed by atoms with van der Waals surface area (Å²) in [4.78, 5) is 47.6. The minimum atomic E-state index is -2.56. The van der Waals surface area contributed by atoms with Gasteiger partial charge in [-0.2, -0.15) is 0 Å². The first kappa shape index (κ1) is 57.1. The van der Waals surface area contributed by atoms with Gasteiger partial charge in [0.1, 0.15) is 25.6 Å². The summed E-state index contributed by atoms with van der Waals surface area (Å²) < 4.78 is 33.9. The normalized spacial score (nSPS) is 12.1. The first-order valence-corrected chi connectivity index (χ1v) is 25.7. The molecular formula is C48H90O10P+. The average Bonchev–Trinajstić information content (AvgIpc) is 3.22. The zero-order valence-electron chi connectivity index (χ0n) is 38.1. The highest BCUT2D eigenvalue weighted by Crippen LogP contribution is 2.25. The highest BCUT2D eigenvalue weighted by molar-refractivity contribution is 7.33. The summed E-state index contributed by atoms with van der Waals surface area (Å²) in [5.74, 6) is -2.00. The fourth-order valence-corrected chi connectivity index (χ4v) is 7.86. The lowest BCUT2D eigenvalue weighted by molar-refractivity contribution is -0.161. The maximum Gasteiger partial charge on any atom is 0.697 e. The van der Waals surface area contributed by atoms with Crippen molar-refractivity contribution in [2.75, 3.05) is 19.8 Å². The number of Topliss-reactive ketones (excluding diaryl/α,β-unsaturated/α-hetero) is 1. The molecule has 0 saturated carbocycles. The number of esters is 2. The van der Waals surface area contributed by atoms with Crippen LogP contribution in [0.4, 0.5) is 0 Å². The summed E-state index contributed by atoms with van der Waals surface area (Å²) in [5.41, 5.74) is 0. The molecule has 1 N–H and O–H groups in total. The number of carbonyl (C=O) groups excluding carboxylic acids is 3. The van der Waals surface area contributed by atoms with Crippen molar-refractivity contribution >= 4 is 31.9 Å². The molecule has 0 bridgehead atoms. The van der Waals surface area contributed by atoms with Crippen LogP contribution in [0.1, 0.15) is 258 Å². The van der Waals surface area contributed by atoms with Crippen molar-refractivity contribution in [1.29, 1.82) is 0 Å². The van der Waals surface area contributed by atoms with Crippen molar-refractivity contribution in [1.82, 2.24) is 0 Å².